The predicted molar refractivity (Wildman–Crippen MR) is 152 cm³/mol. The molecule has 8 heteroatoms. The predicted octanol–water partition coefficient (Wildman–Crippen LogP) is 3.16. The molecular weight excluding hydrogens is 506 g/mol. The minimum Gasteiger partial charge on any atom is -0.394 e. The Morgan fingerprint density at radius 3 is 2.35 bits per heavy atom. The van der Waals surface area contributed by atoms with Gasteiger partial charge in [-0.15, -0.1) is 0 Å². The van der Waals surface area contributed by atoms with Crippen LogP contribution in [0.2, 0.25) is 0 Å². The number of aliphatic hydroxyl groups is 1. The first-order chi connectivity index (χ1) is 19.1. The number of benzene rings is 2. The van der Waals surface area contributed by atoms with Crippen molar-refractivity contribution in [3.05, 3.63) is 84.0 Å². The third-order valence-corrected chi connectivity index (χ3v) is 8.96. The smallest absolute Gasteiger partial charge is 0.253 e. The van der Waals surface area contributed by atoms with Crippen molar-refractivity contribution < 1.29 is 24.2 Å². The molecule has 1 spiro atoms. The number of hydrogen-bond donors (Lipinski definition) is 1. The second-order valence-corrected chi connectivity index (χ2v) is 11.6. The zero-order valence-corrected chi connectivity index (χ0v) is 23.3. The number of likely N-dealkylation sites (tertiary alicyclic amines) is 1. The third kappa shape index (κ3) is 3.69. The van der Waals surface area contributed by atoms with Gasteiger partial charge >= 0.3 is 0 Å². The summed E-state index contributed by atoms with van der Waals surface area (Å²) >= 11 is 0. The van der Waals surface area contributed by atoms with E-state index in [1.54, 1.807) is 16.7 Å². The molecule has 0 saturated carbocycles. The van der Waals surface area contributed by atoms with Gasteiger partial charge in [-0.05, 0) is 57.0 Å². The summed E-state index contributed by atoms with van der Waals surface area (Å²) in [6.07, 6.45) is 7.49. The monoisotopic (exact) mass is 541 g/mol. The van der Waals surface area contributed by atoms with Crippen LogP contribution in [0.1, 0.15) is 25.0 Å². The Morgan fingerprint density at radius 2 is 1.62 bits per heavy atom. The van der Waals surface area contributed by atoms with Crippen LogP contribution < -0.4 is 9.80 Å². The number of fused-ring (bicyclic) bond motifs is 2. The number of carbonyl (C=O) groups excluding carboxylic acids is 3. The van der Waals surface area contributed by atoms with Crippen LogP contribution in [-0.2, 0) is 19.1 Å². The van der Waals surface area contributed by atoms with Crippen molar-refractivity contribution in [1.82, 2.24) is 4.90 Å². The van der Waals surface area contributed by atoms with E-state index in [1.165, 1.54) is 4.90 Å². The molecule has 2 fully saturated rings. The normalized spacial score (nSPS) is 32.1. The van der Waals surface area contributed by atoms with Crippen LogP contribution in [-0.4, -0.2) is 70.7 Å². The quantitative estimate of drug-likeness (QED) is 0.601. The van der Waals surface area contributed by atoms with Crippen LogP contribution in [0, 0.1) is 25.7 Å². The Balaban J connectivity index is 1.50. The number of hydrogen-bond acceptors (Lipinski definition) is 5. The Hall–Kier alpha value is -3.75. The van der Waals surface area contributed by atoms with Crippen molar-refractivity contribution in [2.45, 2.75) is 51.0 Å². The molecule has 1 N–H and O–H groups in total. The second kappa shape index (κ2) is 9.42. The van der Waals surface area contributed by atoms with Crippen molar-refractivity contribution in [2.75, 3.05) is 29.5 Å². The number of amides is 3. The molecule has 4 aliphatic heterocycles. The lowest BCUT2D eigenvalue weighted by molar-refractivity contribution is -0.147. The highest BCUT2D eigenvalue weighted by Crippen LogP contribution is 2.58. The second-order valence-electron chi connectivity index (χ2n) is 11.6. The van der Waals surface area contributed by atoms with Crippen LogP contribution in [0.5, 0.6) is 0 Å². The summed E-state index contributed by atoms with van der Waals surface area (Å²) in [4.78, 5) is 48.2. The lowest BCUT2D eigenvalue weighted by atomic mass is 9.74. The van der Waals surface area contributed by atoms with Gasteiger partial charge in [-0.3, -0.25) is 14.4 Å². The minimum absolute atomic E-state index is 0.220. The summed E-state index contributed by atoms with van der Waals surface area (Å²) in [5, 5.41) is 10.2. The van der Waals surface area contributed by atoms with Gasteiger partial charge in [0, 0.05) is 24.5 Å². The van der Waals surface area contributed by atoms with Crippen molar-refractivity contribution >= 4 is 29.1 Å². The minimum atomic E-state index is -1.37. The van der Waals surface area contributed by atoms with E-state index in [0.717, 1.165) is 22.5 Å². The molecular formula is C32H35N3O5. The maximum absolute atomic E-state index is 14.6. The van der Waals surface area contributed by atoms with Crippen LogP contribution in [0.4, 0.5) is 11.4 Å². The number of nitrogens with zero attached hydrogens (tertiary/aromatic N) is 3. The molecule has 0 aliphatic carbocycles. The Morgan fingerprint density at radius 1 is 0.925 bits per heavy atom. The van der Waals surface area contributed by atoms with E-state index in [-0.39, 0.29) is 24.3 Å². The number of para-hydroxylation sites is 1. The summed E-state index contributed by atoms with van der Waals surface area (Å²) in [5.41, 5.74) is 0.978. The SMILES string of the molecule is Cc1ccc(C)c(N2CC=C[C@]34O[C@]5(C)C=CCN(c6ccccc6)C(=O)[C@@H]5[C@H]3C(=O)N([C@H](C)CO)C4C2=O)c1. The molecule has 0 radical (unpaired) electrons. The molecule has 8 nitrogen and oxygen atoms in total. The molecule has 3 amide bonds. The molecule has 1 unspecified atom stereocenters. The van der Waals surface area contributed by atoms with Gasteiger partial charge in [0.05, 0.1) is 30.1 Å². The molecule has 2 aromatic rings. The largest absolute Gasteiger partial charge is 0.394 e. The molecule has 2 aromatic carbocycles. The number of aliphatic hydroxyl groups excluding tert-OH is 1. The van der Waals surface area contributed by atoms with E-state index in [0.29, 0.717) is 13.1 Å². The molecule has 6 rings (SSSR count). The molecule has 2 saturated heterocycles. The Kier molecular flexibility index (Phi) is 6.23. The summed E-state index contributed by atoms with van der Waals surface area (Å²) in [6.45, 7) is 7.82. The van der Waals surface area contributed by atoms with Crippen LogP contribution in [0.3, 0.4) is 0 Å². The fourth-order valence-electron chi connectivity index (χ4n) is 7.09. The van der Waals surface area contributed by atoms with Gasteiger partial charge < -0.3 is 24.5 Å². The fraction of sp³-hybridized carbons (Fsp3) is 0.406. The number of aryl methyl sites for hydroxylation is 2. The number of anilines is 2. The van der Waals surface area contributed by atoms with E-state index in [1.807, 2.05) is 93.6 Å². The maximum atomic E-state index is 14.6. The van der Waals surface area contributed by atoms with Crippen LogP contribution in [0.25, 0.3) is 0 Å². The molecule has 4 aliphatic rings. The lowest BCUT2D eigenvalue weighted by Crippen LogP contribution is -2.58. The average Bonchev–Trinajstić information content (AvgIpc) is 3.22. The number of ether oxygens (including phenoxy) is 1. The van der Waals surface area contributed by atoms with Gasteiger partial charge in [0.25, 0.3) is 5.91 Å². The molecule has 0 aromatic heterocycles. The molecule has 0 bridgehead atoms. The summed E-state index contributed by atoms with van der Waals surface area (Å²) in [5.74, 6) is -2.65. The van der Waals surface area contributed by atoms with Crippen molar-refractivity contribution in [2.24, 2.45) is 11.8 Å². The molecule has 40 heavy (non-hydrogen) atoms. The van der Waals surface area contributed by atoms with E-state index in [2.05, 4.69) is 0 Å². The van der Waals surface area contributed by atoms with E-state index < -0.39 is 35.1 Å². The van der Waals surface area contributed by atoms with Gasteiger partial charge in [0.1, 0.15) is 11.6 Å². The zero-order chi connectivity index (χ0) is 28.4. The first kappa shape index (κ1) is 26.5. The van der Waals surface area contributed by atoms with Crippen molar-refractivity contribution in [1.29, 1.82) is 0 Å². The summed E-state index contributed by atoms with van der Waals surface area (Å²) < 4.78 is 6.87. The third-order valence-electron chi connectivity index (χ3n) is 8.96. The number of rotatable bonds is 4. The van der Waals surface area contributed by atoms with Gasteiger partial charge in [-0.25, -0.2) is 0 Å². The molecule has 208 valence electrons. The highest BCUT2D eigenvalue weighted by atomic mass is 16.5. The van der Waals surface area contributed by atoms with Crippen molar-refractivity contribution in [3.63, 3.8) is 0 Å². The van der Waals surface area contributed by atoms with Gasteiger partial charge in [0.15, 0.2) is 0 Å². The topological polar surface area (TPSA) is 90.4 Å². The first-order valence-electron chi connectivity index (χ1n) is 13.9. The molecule has 4 heterocycles. The Bertz CT molecular complexity index is 1440. The average molecular weight is 542 g/mol. The van der Waals surface area contributed by atoms with Gasteiger partial charge in [0.2, 0.25) is 11.8 Å². The fourth-order valence-corrected chi connectivity index (χ4v) is 7.09. The van der Waals surface area contributed by atoms with Gasteiger partial charge in [-0.1, -0.05) is 54.6 Å². The van der Waals surface area contributed by atoms with E-state index in [4.69, 9.17) is 4.74 Å². The maximum Gasteiger partial charge on any atom is 0.253 e. The lowest BCUT2D eigenvalue weighted by Gasteiger charge is -2.39. The van der Waals surface area contributed by atoms with Gasteiger partial charge in [-0.2, -0.15) is 0 Å². The first-order valence-corrected chi connectivity index (χ1v) is 13.9. The highest BCUT2D eigenvalue weighted by Gasteiger charge is 2.75. The van der Waals surface area contributed by atoms with E-state index in [9.17, 15) is 19.5 Å². The van der Waals surface area contributed by atoms with Crippen LogP contribution in [0.15, 0.2) is 72.8 Å². The standard InChI is InChI=1S/C32H35N3O5/c1-20-12-13-21(2)24(18-20)34-17-9-15-32-26(29(38)35(22(3)19-36)27(32)30(34)39)25-28(37)33(23-10-6-5-7-11-23)16-8-14-31(25,4)40-32/h5-15,18,22,25-27,36H,16-17,19H2,1-4H3/t22-,25+,26+,27?,31-,32+/m1/s1. The summed E-state index contributed by atoms with van der Waals surface area (Å²) in [7, 11) is 0. The van der Waals surface area contributed by atoms with Crippen molar-refractivity contribution in [3.8, 4) is 0 Å². The van der Waals surface area contributed by atoms with E-state index >= 15 is 0 Å². The highest BCUT2D eigenvalue weighted by molar-refractivity contribution is 6.08. The van der Waals surface area contributed by atoms with Crippen LogP contribution >= 0.6 is 0 Å². The number of carbonyl (C=O) groups is 3. The zero-order valence-electron chi connectivity index (χ0n) is 23.3. The Labute approximate surface area is 234 Å². The summed E-state index contributed by atoms with van der Waals surface area (Å²) in [6, 6.07) is 13.6. The molecule has 6 atom stereocenters.